The number of hydrogen-bond acceptors (Lipinski definition) is 6. The summed E-state index contributed by atoms with van der Waals surface area (Å²) < 4.78 is 0.935. The van der Waals surface area contributed by atoms with Gasteiger partial charge in [-0.1, -0.05) is 41.9 Å². The van der Waals surface area contributed by atoms with Crippen molar-refractivity contribution in [1.82, 2.24) is 15.0 Å². The van der Waals surface area contributed by atoms with Crippen molar-refractivity contribution >= 4 is 39.0 Å². The van der Waals surface area contributed by atoms with E-state index in [2.05, 4.69) is 27.4 Å². The summed E-state index contributed by atoms with van der Waals surface area (Å²) in [6.07, 6.45) is 4.24. The predicted molar refractivity (Wildman–Crippen MR) is 112 cm³/mol. The fourth-order valence-corrected chi connectivity index (χ4v) is 4.01. The smallest absolute Gasteiger partial charge is 0.162 e. The van der Waals surface area contributed by atoms with Crippen LogP contribution in [0.25, 0.3) is 21.6 Å². The molecule has 136 valence electrons. The Balaban J connectivity index is 1.59. The van der Waals surface area contributed by atoms with Crippen LogP contribution in [0.3, 0.4) is 0 Å². The van der Waals surface area contributed by atoms with Crippen LogP contribution in [0.4, 0.5) is 5.82 Å². The van der Waals surface area contributed by atoms with Crippen LogP contribution in [0.1, 0.15) is 5.56 Å². The molecule has 0 spiro atoms. The molecule has 4 rings (SSSR count). The van der Waals surface area contributed by atoms with Crippen LogP contribution in [-0.2, 0) is 6.42 Å². The predicted octanol–water partition coefficient (Wildman–Crippen LogP) is 4.39. The molecule has 5 nitrogen and oxygen atoms in total. The number of rotatable bonds is 6. The van der Waals surface area contributed by atoms with E-state index >= 15 is 0 Å². The minimum absolute atomic E-state index is 0.0303. The van der Waals surface area contributed by atoms with E-state index < -0.39 is 0 Å². The lowest BCUT2D eigenvalue weighted by Gasteiger charge is -2.14. The molecule has 0 saturated heterocycles. The summed E-state index contributed by atoms with van der Waals surface area (Å²) in [6.45, 7) is 0.603. The number of nitrogens with one attached hydrogen (secondary N) is 1. The van der Waals surface area contributed by atoms with E-state index in [1.807, 2.05) is 35.7 Å². The van der Waals surface area contributed by atoms with Crippen LogP contribution in [0.5, 0.6) is 0 Å². The number of nitrogens with two attached hydrogens (primary N) is 1. The molecular weight excluding hydrogens is 378 g/mol. The topological polar surface area (TPSA) is 76.7 Å². The Labute approximate surface area is 166 Å². The number of hydrogen-bond donors (Lipinski definition) is 2. The molecule has 0 saturated carbocycles. The van der Waals surface area contributed by atoms with E-state index in [1.165, 1.54) is 16.9 Å². The number of halogens is 1. The Morgan fingerprint density at radius 1 is 1.07 bits per heavy atom. The molecule has 1 atom stereocenters. The summed E-state index contributed by atoms with van der Waals surface area (Å²) in [4.78, 5) is 13.4. The molecule has 3 heterocycles. The van der Waals surface area contributed by atoms with Crippen molar-refractivity contribution in [2.45, 2.75) is 12.5 Å². The molecule has 1 aromatic carbocycles. The first-order valence-corrected chi connectivity index (χ1v) is 9.85. The van der Waals surface area contributed by atoms with E-state index in [0.29, 0.717) is 17.4 Å². The van der Waals surface area contributed by atoms with Crippen molar-refractivity contribution in [2.75, 3.05) is 11.9 Å². The lowest BCUT2D eigenvalue weighted by Crippen LogP contribution is -2.31. The zero-order chi connectivity index (χ0) is 18.6. The van der Waals surface area contributed by atoms with Crippen LogP contribution in [0, 0.1) is 0 Å². The minimum atomic E-state index is -0.0303. The van der Waals surface area contributed by atoms with Gasteiger partial charge in [-0.05, 0) is 24.1 Å². The van der Waals surface area contributed by atoms with Gasteiger partial charge in [-0.3, -0.25) is 4.98 Å². The average Bonchev–Trinajstić information content (AvgIpc) is 3.08. The lowest BCUT2D eigenvalue weighted by molar-refractivity contribution is 0.698. The van der Waals surface area contributed by atoms with Crippen LogP contribution < -0.4 is 11.1 Å². The zero-order valence-corrected chi connectivity index (χ0v) is 16.0. The molecular formula is C20H18ClN5S. The number of pyridine rings is 1. The largest absolute Gasteiger partial charge is 0.367 e. The second-order valence-electron chi connectivity index (χ2n) is 6.22. The minimum Gasteiger partial charge on any atom is -0.367 e. The van der Waals surface area contributed by atoms with Crippen molar-refractivity contribution in [1.29, 1.82) is 0 Å². The third-order valence-electron chi connectivity index (χ3n) is 4.18. The van der Waals surface area contributed by atoms with Gasteiger partial charge in [0.05, 0.1) is 9.72 Å². The lowest BCUT2D eigenvalue weighted by atomic mass is 10.1. The van der Waals surface area contributed by atoms with Gasteiger partial charge in [0.1, 0.15) is 11.3 Å². The number of anilines is 1. The molecule has 0 fully saturated rings. The van der Waals surface area contributed by atoms with E-state index in [9.17, 15) is 0 Å². The van der Waals surface area contributed by atoms with E-state index in [1.54, 1.807) is 12.4 Å². The van der Waals surface area contributed by atoms with Crippen LogP contribution in [0.15, 0.2) is 60.2 Å². The summed E-state index contributed by atoms with van der Waals surface area (Å²) >= 11 is 7.86. The molecule has 0 radical (unpaired) electrons. The van der Waals surface area contributed by atoms with Crippen LogP contribution >= 0.6 is 22.9 Å². The van der Waals surface area contributed by atoms with Gasteiger partial charge in [-0.2, -0.15) is 0 Å². The zero-order valence-electron chi connectivity index (χ0n) is 14.5. The molecule has 0 bridgehead atoms. The highest BCUT2D eigenvalue weighted by molar-refractivity contribution is 7.18. The highest BCUT2D eigenvalue weighted by Crippen LogP contribution is 2.34. The standard InChI is InChI=1S/C20H18ClN5S/c21-16-12-27-18-17(16)25-19(14-6-8-23-9-7-14)26-20(18)24-11-15(22)10-13-4-2-1-3-5-13/h1-9,12,15H,10-11,22H2,(H,24,25,26). The van der Waals surface area contributed by atoms with E-state index in [-0.39, 0.29) is 6.04 Å². The number of aromatic nitrogens is 3. The van der Waals surface area contributed by atoms with Crippen molar-refractivity contribution in [3.8, 4) is 11.4 Å². The first kappa shape index (κ1) is 17.9. The molecule has 1 unspecified atom stereocenters. The van der Waals surface area contributed by atoms with Gasteiger partial charge < -0.3 is 11.1 Å². The molecule has 27 heavy (non-hydrogen) atoms. The summed E-state index contributed by atoms with van der Waals surface area (Å²) in [7, 11) is 0. The van der Waals surface area contributed by atoms with Crippen molar-refractivity contribution in [3.63, 3.8) is 0 Å². The first-order valence-electron chi connectivity index (χ1n) is 8.59. The quantitative estimate of drug-likeness (QED) is 0.506. The van der Waals surface area contributed by atoms with Gasteiger partial charge >= 0.3 is 0 Å². The second kappa shape index (κ2) is 8.00. The third-order valence-corrected chi connectivity index (χ3v) is 5.58. The molecule has 0 aliphatic heterocycles. The molecule has 0 aliphatic rings. The maximum Gasteiger partial charge on any atom is 0.162 e. The SMILES string of the molecule is NC(CNc1nc(-c2ccncc2)nc2c(Cl)csc12)Cc1ccccc1. The van der Waals surface area contributed by atoms with E-state index in [0.717, 1.165) is 28.0 Å². The molecule has 4 aromatic rings. The van der Waals surface area contributed by atoms with Crippen LogP contribution in [-0.4, -0.2) is 27.5 Å². The number of nitrogens with zero attached hydrogens (tertiary/aromatic N) is 3. The maximum absolute atomic E-state index is 6.33. The molecule has 0 aliphatic carbocycles. The molecule has 3 N–H and O–H groups in total. The Morgan fingerprint density at radius 3 is 2.63 bits per heavy atom. The second-order valence-corrected chi connectivity index (χ2v) is 7.51. The monoisotopic (exact) mass is 395 g/mol. The Hall–Kier alpha value is -2.54. The highest BCUT2D eigenvalue weighted by atomic mass is 35.5. The summed E-state index contributed by atoms with van der Waals surface area (Å²) in [5.41, 5.74) is 9.18. The Morgan fingerprint density at radius 2 is 1.85 bits per heavy atom. The van der Waals surface area contributed by atoms with Gasteiger partial charge in [0, 0.05) is 35.9 Å². The van der Waals surface area contributed by atoms with Gasteiger partial charge in [0.15, 0.2) is 5.82 Å². The van der Waals surface area contributed by atoms with Crippen LogP contribution in [0.2, 0.25) is 5.02 Å². The van der Waals surface area contributed by atoms with Crippen molar-refractivity contribution in [3.05, 3.63) is 70.8 Å². The summed E-state index contributed by atoms with van der Waals surface area (Å²) in [6, 6.07) is 14.0. The van der Waals surface area contributed by atoms with Crippen molar-refractivity contribution in [2.24, 2.45) is 5.73 Å². The maximum atomic E-state index is 6.33. The molecule has 7 heteroatoms. The van der Waals surface area contributed by atoms with Crippen molar-refractivity contribution < 1.29 is 0 Å². The van der Waals surface area contributed by atoms with E-state index in [4.69, 9.17) is 22.3 Å². The molecule has 3 aromatic heterocycles. The first-order chi connectivity index (χ1) is 13.2. The highest BCUT2D eigenvalue weighted by Gasteiger charge is 2.14. The summed E-state index contributed by atoms with van der Waals surface area (Å²) in [5.74, 6) is 1.37. The number of benzene rings is 1. The fraction of sp³-hybridized carbons (Fsp3) is 0.150. The van der Waals surface area contributed by atoms with Gasteiger partial charge in [0.25, 0.3) is 0 Å². The van der Waals surface area contributed by atoms with Gasteiger partial charge in [-0.25, -0.2) is 9.97 Å². The normalized spacial score (nSPS) is 12.2. The number of thiophene rings is 1. The fourth-order valence-electron chi connectivity index (χ4n) is 2.86. The third kappa shape index (κ3) is 4.08. The van der Waals surface area contributed by atoms with Gasteiger partial charge in [0.2, 0.25) is 0 Å². The Bertz CT molecular complexity index is 1040. The summed E-state index contributed by atoms with van der Waals surface area (Å²) in [5, 5.41) is 5.90. The Kier molecular flexibility index (Phi) is 5.29. The molecule has 0 amide bonds. The number of fused-ring (bicyclic) bond motifs is 1. The average molecular weight is 396 g/mol. The van der Waals surface area contributed by atoms with Gasteiger partial charge in [-0.15, -0.1) is 11.3 Å².